The highest BCUT2D eigenvalue weighted by Gasteiger charge is 2.33. The van der Waals surface area contributed by atoms with Crippen molar-refractivity contribution in [3.8, 4) is 0 Å². The third kappa shape index (κ3) is 5.78. The lowest BCUT2D eigenvalue weighted by Gasteiger charge is -2.12. The molecule has 1 aromatic heterocycles. The first-order valence-electron chi connectivity index (χ1n) is 9.21. The second-order valence-corrected chi connectivity index (χ2v) is 7.22. The monoisotopic (exact) mass is 411 g/mol. The van der Waals surface area contributed by atoms with E-state index in [0.717, 1.165) is 37.5 Å². The summed E-state index contributed by atoms with van der Waals surface area (Å²) in [6.45, 7) is 2.58. The quantitative estimate of drug-likeness (QED) is 0.401. The molecular weight excluding hydrogens is 390 g/mol. The molecule has 2 aromatic rings. The lowest BCUT2D eigenvalue weighted by atomic mass is 10.1. The largest absolute Gasteiger partial charge is 0.432 e. The second-order valence-electron chi connectivity index (χ2n) is 7.22. The van der Waals surface area contributed by atoms with Crippen molar-refractivity contribution in [3.05, 3.63) is 47.4 Å². The lowest BCUT2D eigenvalue weighted by molar-refractivity contribution is -0.141. The number of anilines is 1. The number of alkyl halides is 3. The fraction of sp³-hybridized carbons (Fsp3) is 0.421. The summed E-state index contributed by atoms with van der Waals surface area (Å²) in [5.74, 6) is -0.257. The number of guanidine groups is 1. The molecule has 2 atom stereocenters. The number of nitrogens with one attached hydrogen (secondary N) is 3. The van der Waals surface area contributed by atoms with Gasteiger partial charge in [0.25, 0.3) is 5.91 Å². The number of halogens is 4. The van der Waals surface area contributed by atoms with E-state index in [1.54, 1.807) is 0 Å². The maximum Gasteiger partial charge on any atom is 0.432 e. The van der Waals surface area contributed by atoms with E-state index in [4.69, 9.17) is 0 Å². The van der Waals surface area contributed by atoms with Crippen LogP contribution in [0.25, 0.3) is 0 Å². The van der Waals surface area contributed by atoms with Gasteiger partial charge in [0.05, 0.1) is 0 Å². The van der Waals surface area contributed by atoms with E-state index in [-0.39, 0.29) is 17.3 Å². The molecule has 6 nitrogen and oxygen atoms in total. The van der Waals surface area contributed by atoms with Crippen molar-refractivity contribution in [3.63, 3.8) is 0 Å². The lowest BCUT2D eigenvalue weighted by Crippen LogP contribution is -2.36. The van der Waals surface area contributed by atoms with Crippen LogP contribution in [0.4, 0.5) is 23.4 Å². The SMILES string of the molecule is CC1CCC(CN=C(NC(=O)c2ccc(F)cc2)Nc2cc(C(F)(F)F)[nH]n2)C1. The van der Waals surface area contributed by atoms with E-state index in [1.165, 1.54) is 12.1 Å². The van der Waals surface area contributed by atoms with Gasteiger partial charge in [0.1, 0.15) is 11.5 Å². The molecule has 10 heteroatoms. The van der Waals surface area contributed by atoms with Crippen LogP contribution in [0.1, 0.15) is 42.2 Å². The number of aliphatic imine (C=N–C) groups is 1. The van der Waals surface area contributed by atoms with Gasteiger partial charge in [-0.05, 0) is 48.9 Å². The number of benzene rings is 1. The molecule has 29 heavy (non-hydrogen) atoms. The highest BCUT2D eigenvalue weighted by atomic mass is 19.4. The fourth-order valence-corrected chi connectivity index (χ4v) is 3.25. The van der Waals surface area contributed by atoms with Gasteiger partial charge in [-0.15, -0.1) is 0 Å². The molecule has 3 N–H and O–H groups in total. The third-order valence-electron chi connectivity index (χ3n) is 4.78. The van der Waals surface area contributed by atoms with Crippen molar-refractivity contribution in [1.29, 1.82) is 0 Å². The fourth-order valence-electron chi connectivity index (χ4n) is 3.25. The predicted molar refractivity (Wildman–Crippen MR) is 99.9 cm³/mol. The summed E-state index contributed by atoms with van der Waals surface area (Å²) in [6.07, 6.45) is -1.46. The zero-order valence-electron chi connectivity index (χ0n) is 15.7. The molecule has 3 rings (SSSR count). The van der Waals surface area contributed by atoms with Crippen LogP contribution < -0.4 is 10.6 Å². The first-order valence-corrected chi connectivity index (χ1v) is 9.21. The van der Waals surface area contributed by atoms with Gasteiger partial charge in [0, 0.05) is 18.2 Å². The number of aromatic nitrogens is 2. The molecule has 156 valence electrons. The zero-order chi connectivity index (χ0) is 21.0. The smallest absolute Gasteiger partial charge is 0.309 e. The third-order valence-corrected chi connectivity index (χ3v) is 4.78. The van der Waals surface area contributed by atoms with Gasteiger partial charge in [-0.3, -0.25) is 20.2 Å². The van der Waals surface area contributed by atoms with E-state index in [1.807, 2.05) is 5.10 Å². The molecular formula is C19H21F4N5O. The van der Waals surface area contributed by atoms with Crippen LogP contribution in [-0.2, 0) is 6.18 Å². The Morgan fingerprint density at radius 1 is 1.28 bits per heavy atom. The minimum atomic E-state index is -4.57. The maximum absolute atomic E-state index is 13.1. The first-order chi connectivity index (χ1) is 13.7. The number of aromatic amines is 1. The number of H-pyrrole nitrogens is 1. The number of amides is 1. The molecule has 1 aliphatic rings. The molecule has 1 amide bonds. The summed E-state index contributed by atoms with van der Waals surface area (Å²) in [7, 11) is 0. The highest BCUT2D eigenvalue weighted by Crippen LogP contribution is 2.30. The molecule has 0 saturated heterocycles. The number of nitrogens with zero attached hydrogens (tertiary/aromatic N) is 2. The Morgan fingerprint density at radius 3 is 2.59 bits per heavy atom. The Balaban J connectivity index is 1.74. The molecule has 0 radical (unpaired) electrons. The Labute approximate surface area is 164 Å². The van der Waals surface area contributed by atoms with Crippen molar-refractivity contribution >= 4 is 17.7 Å². The zero-order valence-corrected chi connectivity index (χ0v) is 15.7. The van der Waals surface area contributed by atoms with Gasteiger partial charge in [0.15, 0.2) is 5.82 Å². The molecule has 0 spiro atoms. The normalized spacial score (nSPS) is 20.0. The Morgan fingerprint density at radius 2 is 2.00 bits per heavy atom. The summed E-state index contributed by atoms with van der Waals surface area (Å²) in [5, 5.41) is 10.6. The van der Waals surface area contributed by atoms with Gasteiger partial charge in [-0.1, -0.05) is 13.3 Å². The van der Waals surface area contributed by atoms with E-state index < -0.39 is 23.6 Å². The predicted octanol–water partition coefficient (Wildman–Crippen LogP) is 4.20. The van der Waals surface area contributed by atoms with Crippen LogP contribution in [0.2, 0.25) is 0 Å². The van der Waals surface area contributed by atoms with Crippen molar-refractivity contribution in [2.24, 2.45) is 16.8 Å². The van der Waals surface area contributed by atoms with Crippen LogP contribution >= 0.6 is 0 Å². The number of carbonyl (C=O) groups excluding carboxylic acids is 1. The molecule has 1 fully saturated rings. The minimum absolute atomic E-state index is 0.0147. The molecule has 0 aliphatic heterocycles. The number of hydrogen-bond donors (Lipinski definition) is 3. The van der Waals surface area contributed by atoms with Crippen molar-refractivity contribution in [2.45, 2.75) is 32.4 Å². The molecule has 2 unspecified atom stereocenters. The Kier molecular flexibility index (Phi) is 6.19. The van der Waals surface area contributed by atoms with Crippen molar-refractivity contribution in [2.75, 3.05) is 11.9 Å². The van der Waals surface area contributed by atoms with Gasteiger partial charge in [-0.2, -0.15) is 18.3 Å². The van der Waals surface area contributed by atoms with Crippen LogP contribution in [0.15, 0.2) is 35.3 Å². The number of hydrogen-bond acceptors (Lipinski definition) is 3. The molecule has 1 heterocycles. The van der Waals surface area contributed by atoms with Crippen molar-refractivity contribution < 1.29 is 22.4 Å². The second kappa shape index (κ2) is 8.62. The number of carbonyl (C=O) groups is 1. The summed E-state index contributed by atoms with van der Waals surface area (Å²) in [6, 6.07) is 5.68. The molecule has 1 saturated carbocycles. The van der Waals surface area contributed by atoms with E-state index in [2.05, 4.69) is 27.6 Å². The van der Waals surface area contributed by atoms with E-state index in [0.29, 0.717) is 18.4 Å². The van der Waals surface area contributed by atoms with Crippen LogP contribution in [-0.4, -0.2) is 28.6 Å². The summed E-state index contributed by atoms with van der Waals surface area (Å²) in [5.41, 5.74) is -0.831. The standard InChI is InChI=1S/C19H21F4N5O/c1-11-2-3-12(8-11)10-24-18(25-16-9-15(27-28-16)19(21,22)23)26-17(29)13-4-6-14(20)7-5-13/h4-7,9,11-12H,2-3,8,10H2,1H3,(H3,24,25,26,27,28,29). The van der Waals surface area contributed by atoms with E-state index in [9.17, 15) is 22.4 Å². The minimum Gasteiger partial charge on any atom is -0.309 e. The topological polar surface area (TPSA) is 82.2 Å². The Hall–Kier alpha value is -2.91. The number of rotatable bonds is 4. The first kappa shape index (κ1) is 20.8. The van der Waals surface area contributed by atoms with Crippen LogP contribution in [0.5, 0.6) is 0 Å². The summed E-state index contributed by atoms with van der Waals surface area (Å²) >= 11 is 0. The maximum atomic E-state index is 13.1. The van der Waals surface area contributed by atoms with Gasteiger partial charge < -0.3 is 5.32 Å². The summed E-state index contributed by atoms with van der Waals surface area (Å²) < 4.78 is 51.3. The highest BCUT2D eigenvalue weighted by molar-refractivity contribution is 6.09. The van der Waals surface area contributed by atoms with Crippen LogP contribution in [0.3, 0.4) is 0 Å². The van der Waals surface area contributed by atoms with E-state index >= 15 is 0 Å². The van der Waals surface area contributed by atoms with Gasteiger partial charge in [0.2, 0.25) is 5.96 Å². The van der Waals surface area contributed by atoms with Crippen LogP contribution in [0, 0.1) is 17.7 Å². The molecule has 1 aliphatic carbocycles. The van der Waals surface area contributed by atoms with Gasteiger partial charge >= 0.3 is 6.18 Å². The summed E-state index contributed by atoms with van der Waals surface area (Å²) in [4.78, 5) is 16.8. The van der Waals surface area contributed by atoms with Gasteiger partial charge in [-0.25, -0.2) is 4.39 Å². The van der Waals surface area contributed by atoms with Crippen molar-refractivity contribution in [1.82, 2.24) is 15.5 Å². The Bertz CT molecular complexity index is 875. The molecule has 0 bridgehead atoms. The average molecular weight is 411 g/mol. The average Bonchev–Trinajstić information content (AvgIpc) is 3.29. The molecule has 1 aromatic carbocycles.